The lowest BCUT2D eigenvalue weighted by atomic mass is 10.1. The number of ether oxygens (including phenoxy) is 2. The standard InChI is InChI=1S/C21H21F2N5O.C14H10ClF2N3O/c1-21(2,3)28-11-15(10-25-28)16-9-17-18(27(13-24-17)20(22)23)19(26-16)29-12-14-7-5-4-6-8-14;15-11-6-10-12(20(8-18-10)14(16)17)13(19-11)21-7-9-4-2-1-3-5-9/h4-11,13,20H,12H2,1-3H3;1-6,8,14H,7H2. The molecule has 0 radical (unpaired) electrons. The average Bonchev–Trinajstić information content (AvgIpc) is 3.86. The van der Waals surface area contributed by atoms with Crippen LogP contribution in [0.25, 0.3) is 33.3 Å². The molecule has 0 atom stereocenters. The number of imidazole rings is 2. The lowest BCUT2D eigenvalue weighted by Gasteiger charge is -2.18. The Morgan fingerprint density at radius 2 is 1.22 bits per heavy atom. The Kier molecular flexibility index (Phi) is 10.00. The van der Waals surface area contributed by atoms with Gasteiger partial charge in [0.05, 0.1) is 28.5 Å². The molecule has 5 aromatic heterocycles. The molecule has 0 amide bonds. The number of fused-ring (bicyclic) bond motifs is 2. The van der Waals surface area contributed by atoms with Gasteiger partial charge in [0.2, 0.25) is 11.8 Å². The third kappa shape index (κ3) is 7.70. The normalized spacial score (nSPS) is 11.7. The van der Waals surface area contributed by atoms with Crippen LogP contribution in [0.3, 0.4) is 0 Å². The van der Waals surface area contributed by atoms with Crippen molar-refractivity contribution in [1.82, 2.24) is 38.9 Å². The molecule has 0 fully saturated rings. The van der Waals surface area contributed by atoms with Crippen LogP contribution in [0.2, 0.25) is 5.15 Å². The van der Waals surface area contributed by atoms with Crippen molar-refractivity contribution in [3.05, 3.63) is 114 Å². The first-order valence-corrected chi connectivity index (χ1v) is 15.7. The SMILES string of the molecule is CC(C)(C)n1cc(-c2cc3ncn(C(F)F)c3c(OCc3ccccc3)n2)cn1.FC(F)n1cnc2cc(Cl)nc(OCc3ccccc3)c21. The molecule has 0 aliphatic rings. The number of hydrogen-bond donors (Lipinski definition) is 0. The van der Waals surface area contributed by atoms with Gasteiger partial charge in [0.25, 0.3) is 0 Å². The van der Waals surface area contributed by atoms with E-state index in [2.05, 4.69) is 25.0 Å². The zero-order valence-electron chi connectivity index (χ0n) is 27.1. The smallest absolute Gasteiger partial charge is 0.320 e. The van der Waals surface area contributed by atoms with Gasteiger partial charge in [0.15, 0.2) is 0 Å². The van der Waals surface area contributed by atoms with Crippen molar-refractivity contribution in [2.24, 2.45) is 0 Å². The minimum atomic E-state index is -2.74. The molecule has 0 N–H and O–H groups in total. The number of benzene rings is 2. The molecule has 0 aliphatic carbocycles. The molecule has 0 unspecified atom stereocenters. The van der Waals surface area contributed by atoms with Crippen molar-refractivity contribution in [2.75, 3.05) is 0 Å². The highest BCUT2D eigenvalue weighted by Crippen LogP contribution is 2.33. The lowest BCUT2D eigenvalue weighted by molar-refractivity contribution is 0.0734. The Labute approximate surface area is 288 Å². The minimum absolute atomic E-state index is 0.0409. The van der Waals surface area contributed by atoms with E-state index in [4.69, 9.17) is 21.1 Å². The Morgan fingerprint density at radius 1 is 0.720 bits per heavy atom. The van der Waals surface area contributed by atoms with E-state index in [0.29, 0.717) is 21.3 Å². The van der Waals surface area contributed by atoms with Gasteiger partial charge in [-0.3, -0.25) is 13.8 Å². The highest BCUT2D eigenvalue weighted by Gasteiger charge is 2.21. The predicted octanol–water partition coefficient (Wildman–Crippen LogP) is 9.08. The second-order valence-electron chi connectivity index (χ2n) is 12.1. The van der Waals surface area contributed by atoms with Gasteiger partial charge in [-0.05, 0) is 38.0 Å². The number of rotatable bonds is 9. The highest BCUT2D eigenvalue weighted by molar-refractivity contribution is 6.30. The van der Waals surface area contributed by atoms with Crippen molar-refractivity contribution in [2.45, 2.75) is 52.6 Å². The zero-order chi connectivity index (χ0) is 35.4. The lowest BCUT2D eigenvalue weighted by Crippen LogP contribution is -2.21. The van der Waals surface area contributed by atoms with Gasteiger partial charge in [-0.15, -0.1) is 0 Å². The number of aromatic nitrogens is 8. The first-order valence-electron chi connectivity index (χ1n) is 15.3. The van der Waals surface area contributed by atoms with Crippen molar-refractivity contribution in [1.29, 1.82) is 0 Å². The Hall–Kier alpha value is -5.50. The number of halogens is 5. The topological polar surface area (TPSA) is 97.7 Å². The number of pyridine rings is 2. The van der Waals surface area contributed by atoms with Gasteiger partial charge in [-0.2, -0.15) is 27.6 Å². The van der Waals surface area contributed by atoms with Gasteiger partial charge < -0.3 is 9.47 Å². The quantitative estimate of drug-likeness (QED) is 0.109. The Bertz CT molecular complexity index is 2200. The molecule has 10 nitrogen and oxygen atoms in total. The third-order valence-corrected chi connectivity index (χ3v) is 7.63. The maximum Gasteiger partial charge on any atom is 0.320 e. The van der Waals surface area contributed by atoms with Crippen LogP contribution in [-0.4, -0.2) is 38.9 Å². The third-order valence-electron chi connectivity index (χ3n) is 7.43. The van der Waals surface area contributed by atoms with Crippen molar-refractivity contribution < 1.29 is 27.0 Å². The molecule has 15 heteroatoms. The van der Waals surface area contributed by atoms with E-state index in [1.165, 1.54) is 6.07 Å². The van der Waals surface area contributed by atoms with E-state index >= 15 is 0 Å². The Balaban J connectivity index is 0.000000182. The van der Waals surface area contributed by atoms with Crippen LogP contribution in [0.1, 0.15) is 45.0 Å². The largest absolute Gasteiger partial charge is 0.471 e. The molecule has 0 spiro atoms. The first kappa shape index (κ1) is 34.4. The summed E-state index contributed by atoms with van der Waals surface area (Å²) in [5.74, 6) is 0.154. The summed E-state index contributed by atoms with van der Waals surface area (Å²) in [5, 5.41) is 4.53. The fourth-order valence-electron chi connectivity index (χ4n) is 4.94. The molecule has 0 saturated carbocycles. The fraction of sp³-hybridized carbons (Fsp3) is 0.229. The molecule has 0 aliphatic heterocycles. The number of hydrogen-bond acceptors (Lipinski definition) is 7. The van der Waals surface area contributed by atoms with Crippen LogP contribution in [0.4, 0.5) is 17.6 Å². The minimum Gasteiger partial charge on any atom is -0.471 e. The summed E-state index contributed by atoms with van der Waals surface area (Å²) in [4.78, 5) is 16.5. The molecular weight excluding hydrogens is 676 g/mol. The second kappa shape index (κ2) is 14.5. The van der Waals surface area contributed by atoms with E-state index in [-0.39, 0.29) is 46.7 Å². The van der Waals surface area contributed by atoms with Gasteiger partial charge >= 0.3 is 13.1 Å². The summed E-state index contributed by atoms with van der Waals surface area (Å²) >= 11 is 5.87. The number of nitrogens with zero attached hydrogens (tertiary/aromatic N) is 8. The maximum atomic E-state index is 13.5. The van der Waals surface area contributed by atoms with Crippen LogP contribution in [-0.2, 0) is 18.8 Å². The Morgan fingerprint density at radius 3 is 1.70 bits per heavy atom. The van der Waals surface area contributed by atoms with Gasteiger partial charge in [0.1, 0.15) is 42.1 Å². The highest BCUT2D eigenvalue weighted by atomic mass is 35.5. The molecular formula is C35H31ClF4N8O2. The average molecular weight is 707 g/mol. The van der Waals surface area contributed by atoms with E-state index in [0.717, 1.165) is 33.9 Å². The monoisotopic (exact) mass is 706 g/mol. The summed E-state index contributed by atoms with van der Waals surface area (Å²) < 4.78 is 67.6. The summed E-state index contributed by atoms with van der Waals surface area (Å²) in [5.41, 5.74) is 3.96. The molecule has 258 valence electrons. The van der Waals surface area contributed by atoms with Crippen LogP contribution in [0.5, 0.6) is 11.8 Å². The van der Waals surface area contributed by atoms with Crippen LogP contribution < -0.4 is 9.47 Å². The second-order valence-corrected chi connectivity index (χ2v) is 12.4. The molecule has 0 saturated heterocycles. The fourth-order valence-corrected chi connectivity index (χ4v) is 5.12. The van der Waals surface area contributed by atoms with Crippen molar-refractivity contribution in [3.8, 4) is 23.0 Å². The van der Waals surface area contributed by atoms with Gasteiger partial charge in [-0.25, -0.2) is 15.0 Å². The van der Waals surface area contributed by atoms with Crippen LogP contribution >= 0.6 is 11.6 Å². The maximum absolute atomic E-state index is 13.5. The van der Waals surface area contributed by atoms with Crippen molar-refractivity contribution >= 4 is 33.7 Å². The molecule has 2 aromatic carbocycles. The predicted molar refractivity (Wildman–Crippen MR) is 180 cm³/mol. The summed E-state index contributed by atoms with van der Waals surface area (Å²) in [6, 6.07) is 21.9. The first-order chi connectivity index (χ1) is 24.0. The van der Waals surface area contributed by atoms with Gasteiger partial charge in [0, 0.05) is 17.8 Å². The molecule has 7 aromatic rings. The van der Waals surface area contributed by atoms with Crippen LogP contribution in [0.15, 0.2) is 97.8 Å². The summed E-state index contributed by atoms with van der Waals surface area (Å²) in [7, 11) is 0. The number of alkyl halides is 4. The summed E-state index contributed by atoms with van der Waals surface area (Å²) in [6.45, 7) is 1.07. The van der Waals surface area contributed by atoms with E-state index in [1.807, 2.05) is 92.3 Å². The molecule has 7 rings (SSSR count). The molecule has 50 heavy (non-hydrogen) atoms. The van der Waals surface area contributed by atoms with E-state index < -0.39 is 13.1 Å². The van der Waals surface area contributed by atoms with E-state index in [1.54, 1.807) is 12.3 Å². The summed E-state index contributed by atoms with van der Waals surface area (Å²) in [6.07, 6.45) is 5.72. The molecule has 0 bridgehead atoms. The zero-order valence-corrected chi connectivity index (χ0v) is 27.8. The van der Waals surface area contributed by atoms with Gasteiger partial charge in [-0.1, -0.05) is 72.3 Å². The van der Waals surface area contributed by atoms with E-state index in [9.17, 15) is 17.6 Å². The van der Waals surface area contributed by atoms with Crippen LogP contribution in [0, 0.1) is 0 Å². The molecule has 5 heterocycles. The van der Waals surface area contributed by atoms with Crippen molar-refractivity contribution in [3.63, 3.8) is 0 Å².